The molecule has 166 valence electrons. The Kier molecular flexibility index (Phi) is 11.9. The molecule has 6 nitrogen and oxygen atoms in total. The number of hydrogen-bond donors (Lipinski definition) is 1. The number of likely N-dealkylation sites (tertiary alicyclic amines) is 1. The molecule has 1 aromatic rings. The van der Waals surface area contributed by atoms with Crippen molar-refractivity contribution >= 4 is 29.9 Å². The van der Waals surface area contributed by atoms with Crippen molar-refractivity contribution in [1.82, 2.24) is 10.2 Å². The molecule has 0 aromatic heterocycles. The fourth-order valence-electron chi connectivity index (χ4n) is 3.47. The minimum absolute atomic E-state index is 0. The maximum atomic E-state index is 5.96. The van der Waals surface area contributed by atoms with Gasteiger partial charge >= 0.3 is 0 Å². The van der Waals surface area contributed by atoms with Crippen molar-refractivity contribution in [3.05, 3.63) is 29.8 Å². The molecule has 7 heteroatoms. The minimum Gasteiger partial charge on any atom is -0.497 e. The average molecular weight is 519 g/mol. The number of guanidine groups is 1. The Morgan fingerprint density at radius 2 is 1.93 bits per heavy atom. The molecule has 1 N–H and O–H groups in total. The second-order valence-corrected chi connectivity index (χ2v) is 7.92. The van der Waals surface area contributed by atoms with Crippen LogP contribution in [0.3, 0.4) is 0 Å². The predicted octanol–water partition coefficient (Wildman–Crippen LogP) is 3.68. The lowest BCUT2D eigenvalue weighted by Gasteiger charge is -2.35. The normalized spacial score (nSPS) is 15.8. The molecule has 0 unspecified atom stereocenters. The highest BCUT2D eigenvalue weighted by Crippen LogP contribution is 2.26. The summed E-state index contributed by atoms with van der Waals surface area (Å²) < 4.78 is 16.4. The Labute approximate surface area is 193 Å². The van der Waals surface area contributed by atoms with E-state index in [1.54, 1.807) is 14.2 Å². The number of aliphatic imine (C=N–C) groups is 1. The summed E-state index contributed by atoms with van der Waals surface area (Å²) in [6.45, 7) is 8.76. The largest absolute Gasteiger partial charge is 0.497 e. The fraction of sp³-hybridized carbons (Fsp3) is 0.682. The summed E-state index contributed by atoms with van der Waals surface area (Å²) in [5, 5.41) is 3.57. The first-order chi connectivity index (χ1) is 13.5. The van der Waals surface area contributed by atoms with Crippen LogP contribution in [0.5, 0.6) is 5.75 Å². The number of methoxy groups -OCH3 is 2. The fourth-order valence-corrected chi connectivity index (χ4v) is 3.47. The lowest BCUT2D eigenvalue weighted by Crippen LogP contribution is -2.49. The van der Waals surface area contributed by atoms with Gasteiger partial charge in [-0.15, -0.1) is 24.0 Å². The Bertz CT molecular complexity index is 617. The maximum Gasteiger partial charge on any atom is 0.193 e. The van der Waals surface area contributed by atoms with Crippen LogP contribution < -0.4 is 10.1 Å². The number of hydrogen-bond acceptors (Lipinski definition) is 4. The van der Waals surface area contributed by atoms with Crippen LogP contribution in [-0.4, -0.2) is 71.1 Å². The van der Waals surface area contributed by atoms with E-state index in [2.05, 4.69) is 41.2 Å². The van der Waals surface area contributed by atoms with Crippen molar-refractivity contribution in [2.45, 2.75) is 44.6 Å². The summed E-state index contributed by atoms with van der Waals surface area (Å²) in [5.41, 5.74) is 1.21. The number of piperidine rings is 1. The van der Waals surface area contributed by atoms with Gasteiger partial charge in [-0.05, 0) is 37.0 Å². The van der Waals surface area contributed by atoms with Gasteiger partial charge in [-0.3, -0.25) is 4.99 Å². The lowest BCUT2D eigenvalue weighted by molar-refractivity contribution is 0.00987. The Morgan fingerprint density at radius 1 is 1.21 bits per heavy atom. The molecule has 1 aliphatic rings. The second kappa shape index (κ2) is 13.3. The Hall–Kier alpha value is -1.06. The molecule has 0 atom stereocenters. The Morgan fingerprint density at radius 3 is 2.55 bits per heavy atom. The van der Waals surface area contributed by atoms with Gasteiger partial charge in [0.05, 0.1) is 13.2 Å². The van der Waals surface area contributed by atoms with Crippen molar-refractivity contribution in [3.63, 3.8) is 0 Å². The van der Waals surface area contributed by atoms with Crippen LogP contribution in [0.25, 0.3) is 0 Å². The lowest BCUT2D eigenvalue weighted by atomic mass is 9.84. The zero-order valence-electron chi connectivity index (χ0n) is 18.6. The third-order valence-electron chi connectivity index (χ3n) is 5.34. The molecule has 0 bridgehead atoms. The summed E-state index contributed by atoms with van der Waals surface area (Å²) in [6.07, 6.45) is 3.37. The summed E-state index contributed by atoms with van der Waals surface area (Å²) in [4.78, 5) is 6.83. The van der Waals surface area contributed by atoms with Gasteiger partial charge in [0.1, 0.15) is 5.75 Å². The van der Waals surface area contributed by atoms with Crippen LogP contribution in [0.15, 0.2) is 29.3 Å². The van der Waals surface area contributed by atoms with E-state index in [0.717, 1.165) is 63.8 Å². The van der Waals surface area contributed by atoms with Crippen LogP contribution in [-0.2, 0) is 14.9 Å². The third-order valence-corrected chi connectivity index (χ3v) is 5.34. The van der Waals surface area contributed by atoms with E-state index in [0.29, 0.717) is 6.10 Å². The molecule has 1 aliphatic heterocycles. The molecule has 0 spiro atoms. The van der Waals surface area contributed by atoms with E-state index in [-0.39, 0.29) is 29.4 Å². The van der Waals surface area contributed by atoms with Crippen molar-refractivity contribution in [2.24, 2.45) is 4.99 Å². The van der Waals surface area contributed by atoms with Crippen LogP contribution in [0.4, 0.5) is 0 Å². The topological polar surface area (TPSA) is 55.3 Å². The van der Waals surface area contributed by atoms with Crippen molar-refractivity contribution in [1.29, 1.82) is 0 Å². The highest BCUT2D eigenvalue weighted by molar-refractivity contribution is 14.0. The molecular weight excluding hydrogens is 481 g/mol. The number of halogens is 1. The third kappa shape index (κ3) is 8.30. The van der Waals surface area contributed by atoms with E-state index in [1.165, 1.54) is 5.56 Å². The molecule has 1 aromatic carbocycles. The van der Waals surface area contributed by atoms with Gasteiger partial charge in [0.2, 0.25) is 0 Å². The summed E-state index contributed by atoms with van der Waals surface area (Å²) in [7, 11) is 5.29. The van der Waals surface area contributed by atoms with Gasteiger partial charge in [0.15, 0.2) is 5.96 Å². The van der Waals surface area contributed by atoms with Gasteiger partial charge in [0.25, 0.3) is 0 Å². The van der Waals surface area contributed by atoms with Crippen molar-refractivity contribution in [2.75, 3.05) is 54.1 Å². The summed E-state index contributed by atoms with van der Waals surface area (Å²) in [6, 6.07) is 8.28. The molecular formula is C22H38IN3O3. The van der Waals surface area contributed by atoms with Gasteiger partial charge in [-0.2, -0.15) is 0 Å². The van der Waals surface area contributed by atoms with Gasteiger partial charge < -0.3 is 24.4 Å². The second-order valence-electron chi connectivity index (χ2n) is 7.92. The van der Waals surface area contributed by atoms with Crippen LogP contribution in [0, 0.1) is 0 Å². The quantitative estimate of drug-likeness (QED) is 0.234. The van der Waals surface area contributed by atoms with Crippen molar-refractivity contribution in [3.8, 4) is 5.75 Å². The van der Waals surface area contributed by atoms with Gasteiger partial charge in [-0.1, -0.05) is 26.0 Å². The SMILES string of the molecule is CN=C(NCC(C)(C)c1cccc(OC)c1)N1CCC(OCCCOC)CC1.I. The number of nitrogens with one attached hydrogen (secondary N) is 1. The molecule has 2 rings (SSSR count). The van der Waals surface area contributed by atoms with Crippen LogP contribution in [0.1, 0.15) is 38.7 Å². The van der Waals surface area contributed by atoms with E-state index >= 15 is 0 Å². The van der Waals surface area contributed by atoms with E-state index in [1.807, 2.05) is 19.2 Å². The highest BCUT2D eigenvalue weighted by atomic mass is 127. The first-order valence-corrected chi connectivity index (χ1v) is 10.2. The molecule has 0 aliphatic carbocycles. The molecule has 1 heterocycles. The first-order valence-electron chi connectivity index (χ1n) is 10.2. The molecule has 1 fully saturated rings. The average Bonchev–Trinajstić information content (AvgIpc) is 2.72. The highest BCUT2D eigenvalue weighted by Gasteiger charge is 2.25. The zero-order valence-corrected chi connectivity index (χ0v) is 20.9. The van der Waals surface area contributed by atoms with E-state index in [4.69, 9.17) is 14.2 Å². The first kappa shape index (κ1) is 26.0. The standard InChI is InChI=1S/C22H37N3O3.HI/c1-22(2,18-8-6-9-20(16-18)27-5)17-24-21(23-3)25-12-10-19(11-13-25)28-15-7-14-26-4;/h6,8-9,16,19H,7,10-15,17H2,1-5H3,(H,23,24);1H. The summed E-state index contributed by atoms with van der Waals surface area (Å²) >= 11 is 0. The number of rotatable bonds is 9. The smallest absolute Gasteiger partial charge is 0.193 e. The number of benzene rings is 1. The molecule has 29 heavy (non-hydrogen) atoms. The van der Waals surface area contributed by atoms with Gasteiger partial charge in [0, 0.05) is 52.4 Å². The predicted molar refractivity (Wildman–Crippen MR) is 130 cm³/mol. The minimum atomic E-state index is -0.0345. The van der Waals surface area contributed by atoms with Crippen LogP contribution in [0.2, 0.25) is 0 Å². The number of ether oxygens (including phenoxy) is 3. The molecule has 1 saturated heterocycles. The van der Waals surface area contributed by atoms with E-state index < -0.39 is 0 Å². The zero-order chi connectivity index (χ0) is 20.4. The molecule has 0 radical (unpaired) electrons. The van der Waals surface area contributed by atoms with Crippen LogP contribution >= 0.6 is 24.0 Å². The molecule has 0 saturated carbocycles. The molecule has 0 amide bonds. The van der Waals surface area contributed by atoms with E-state index in [9.17, 15) is 0 Å². The monoisotopic (exact) mass is 519 g/mol. The van der Waals surface area contributed by atoms with Gasteiger partial charge in [-0.25, -0.2) is 0 Å². The summed E-state index contributed by atoms with van der Waals surface area (Å²) in [5.74, 6) is 1.86. The van der Waals surface area contributed by atoms with Crippen molar-refractivity contribution < 1.29 is 14.2 Å². The Balaban J connectivity index is 0.00000420. The number of nitrogens with zero attached hydrogens (tertiary/aromatic N) is 2. The maximum absolute atomic E-state index is 5.96.